The highest BCUT2D eigenvalue weighted by Gasteiger charge is 2.09. The van der Waals surface area contributed by atoms with Gasteiger partial charge in [0.15, 0.2) is 0 Å². The molecule has 1 N–H and O–H groups in total. The summed E-state index contributed by atoms with van der Waals surface area (Å²) in [4.78, 5) is 4.34. The topological polar surface area (TPSA) is 24.9 Å². The van der Waals surface area contributed by atoms with Crippen molar-refractivity contribution in [1.82, 2.24) is 10.3 Å². The number of nitrogens with zero attached hydrogens (tertiary/aromatic N) is 1. The highest BCUT2D eigenvalue weighted by molar-refractivity contribution is 7.99. The molecule has 2 aromatic rings. The average molecular weight is 246 g/mol. The Morgan fingerprint density at radius 1 is 1.35 bits per heavy atom. The molecule has 0 radical (unpaired) electrons. The van der Waals surface area contributed by atoms with Crippen molar-refractivity contribution in [3.05, 3.63) is 42.1 Å². The molecule has 1 atom stereocenters. The predicted octanol–water partition coefficient (Wildman–Crippen LogP) is 3.25. The van der Waals surface area contributed by atoms with E-state index < -0.39 is 0 Å². The largest absolute Gasteiger partial charge is 0.312 e. The Morgan fingerprint density at radius 2 is 2.24 bits per heavy atom. The number of hydrogen-bond acceptors (Lipinski definition) is 3. The van der Waals surface area contributed by atoms with Crippen LogP contribution in [0.4, 0.5) is 0 Å². The van der Waals surface area contributed by atoms with Crippen molar-refractivity contribution in [3.63, 3.8) is 0 Å². The fourth-order valence-corrected chi connectivity index (χ4v) is 2.72. The van der Waals surface area contributed by atoms with Crippen LogP contribution in [-0.2, 0) is 0 Å². The van der Waals surface area contributed by atoms with Crippen LogP contribution in [0.25, 0.3) is 10.9 Å². The van der Waals surface area contributed by atoms with Crippen molar-refractivity contribution in [1.29, 1.82) is 0 Å². The summed E-state index contributed by atoms with van der Waals surface area (Å²) in [6, 6.07) is 11.0. The van der Waals surface area contributed by atoms with Gasteiger partial charge in [-0.25, -0.2) is 0 Å². The van der Waals surface area contributed by atoms with Crippen LogP contribution in [0.15, 0.2) is 36.5 Å². The van der Waals surface area contributed by atoms with Crippen LogP contribution in [0.5, 0.6) is 0 Å². The smallest absolute Gasteiger partial charge is 0.0702 e. The summed E-state index contributed by atoms with van der Waals surface area (Å²) in [5.41, 5.74) is 2.41. The van der Waals surface area contributed by atoms with Crippen LogP contribution in [-0.4, -0.2) is 23.5 Å². The van der Waals surface area contributed by atoms with Gasteiger partial charge in [0, 0.05) is 23.4 Å². The number of thioether (sulfide) groups is 1. The normalized spacial score (nSPS) is 12.8. The fraction of sp³-hybridized carbons (Fsp3) is 0.357. The molecular weight excluding hydrogens is 228 g/mol. The zero-order chi connectivity index (χ0) is 12.1. The molecule has 2 nitrogen and oxygen atoms in total. The maximum absolute atomic E-state index is 4.34. The number of benzene rings is 1. The molecule has 0 aliphatic carbocycles. The maximum atomic E-state index is 4.34. The van der Waals surface area contributed by atoms with E-state index in [2.05, 4.69) is 41.5 Å². The second kappa shape index (κ2) is 6.03. The third kappa shape index (κ3) is 2.99. The van der Waals surface area contributed by atoms with Crippen molar-refractivity contribution in [2.24, 2.45) is 0 Å². The third-order valence-corrected chi connectivity index (χ3v) is 3.84. The number of aromatic nitrogens is 1. The molecule has 0 spiro atoms. The molecule has 0 bridgehead atoms. The van der Waals surface area contributed by atoms with Crippen molar-refractivity contribution in [2.75, 3.05) is 18.6 Å². The van der Waals surface area contributed by atoms with E-state index in [4.69, 9.17) is 0 Å². The Balaban J connectivity index is 2.27. The Kier molecular flexibility index (Phi) is 4.40. The van der Waals surface area contributed by atoms with E-state index in [9.17, 15) is 0 Å². The lowest BCUT2D eigenvalue weighted by Gasteiger charge is -2.16. The molecule has 3 heteroatoms. The van der Waals surface area contributed by atoms with E-state index in [1.165, 1.54) is 10.9 Å². The van der Waals surface area contributed by atoms with Gasteiger partial charge in [0.2, 0.25) is 0 Å². The van der Waals surface area contributed by atoms with Crippen molar-refractivity contribution in [3.8, 4) is 0 Å². The van der Waals surface area contributed by atoms with Crippen LogP contribution >= 0.6 is 11.8 Å². The van der Waals surface area contributed by atoms with Gasteiger partial charge in [-0.1, -0.05) is 19.1 Å². The van der Waals surface area contributed by atoms with Gasteiger partial charge in [-0.15, -0.1) is 0 Å². The molecule has 0 fully saturated rings. The van der Waals surface area contributed by atoms with Crippen LogP contribution in [0.3, 0.4) is 0 Å². The molecule has 0 saturated heterocycles. The van der Waals surface area contributed by atoms with Crippen molar-refractivity contribution < 1.29 is 0 Å². The SMILES string of the molecule is CCSCC(NC)c1ccc2ncccc2c1. The molecule has 1 aromatic carbocycles. The number of pyridine rings is 1. The van der Waals surface area contributed by atoms with Crippen LogP contribution in [0, 0.1) is 0 Å². The van der Waals surface area contributed by atoms with Crippen molar-refractivity contribution in [2.45, 2.75) is 13.0 Å². The van der Waals surface area contributed by atoms with E-state index >= 15 is 0 Å². The molecule has 1 aromatic heterocycles. The van der Waals surface area contributed by atoms with Gasteiger partial charge in [-0.3, -0.25) is 4.98 Å². The summed E-state index contributed by atoms with van der Waals surface area (Å²) in [6.45, 7) is 2.20. The van der Waals surface area contributed by atoms with Gasteiger partial charge in [0.25, 0.3) is 0 Å². The maximum Gasteiger partial charge on any atom is 0.0702 e. The monoisotopic (exact) mass is 246 g/mol. The molecule has 90 valence electrons. The van der Waals surface area contributed by atoms with Gasteiger partial charge in [0.05, 0.1) is 5.52 Å². The zero-order valence-corrected chi connectivity index (χ0v) is 11.1. The van der Waals surface area contributed by atoms with Gasteiger partial charge >= 0.3 is 0 Å². The third-order valence-electron chi connectivity index (χ3n) is 2.87. The molecule has 1 unspecified atom stereocenters. The molecule has 1 heterocycles. The number of nitrogens with one attached hydrogen (secondary N) is 1. The summed E-state index contributed by atoms with van der Waals surface area (Å²) < 4.78 is 0. The van der Waals surface area contributed by atoms with E-state index in [0.29, 0.717) is 6.04 Å². The van der Waals surface area contributed by atoms with Gasteiger partial charge < -0.3 is 5.32 Å². The quantitative estimate of drug-likeness (QED) is 0.876. The second-order valence-corrected chi connectivity index (χ2v) is 5.28. The Hall–Kier alpha value is -1.06. The number of rotatable bonds is 5. The van der Waals surface area contributed by atoms with E-state index in [1.54, 1.807) is 0 Å². The van der Waals surface area contributed by atoms with Crippen LogP contribution in [0.1, 0.15) is 18.5 Å². The second-order valence-electron chi connectivity index (χ2n) is 3.96. The summed E-state index contributed by atoms with van der Waals surface area (Å²) in [6.07, 6.45) is 1.84. The molecule has 0 amide bonds. The van der Waals surface area contributed by atoms with Gasteiger partial charge in [-0.2, -0.15) is 11.8 Å². The number of fused-ring (bicyclic) bond motifs is 1. The van der Waals surface area contributed by atoms with E-state index in [0.717, 1.165) is 17.0 Å². The molecule has 0 aliphatic heterocycles. The predicted molar refractivity (Wildman–Crippen MR) is 76.5 cm³/mol. The summed E-state index contributed by atoms with van der Waals surface area (Å²) in [5, 5.41) is 4.59. The Morgan fingerprint density at radius 3 is 3.00 bits per heavy atom. The summed E-state index contributed by atoms with van der Waals surface area (Å²) in [5.74, 6) is 2.27. The van der Waals surface area contributed by atoms with Gasteiger partial charge in [-0.05, 0) is 36.6 Å². The first-order valence-corrected chi connectivity index (χ1v) is 7.10. The molecule has 17 heavy (non-hydrogen) atoms. The van der Waals surface area contributed by atoms with E-state index in [1.807, 2.05) is 31.1 Å². The Labute approximate surface area is 107 Å². The van der Waals surface area contributed by atoms with Crippen LogP contribution in [0.2, 0.25) is 0 Å². The minimum absolute atomic E-state index is 0.421. The van der Waals surface area contributed by atoms with Gasteiger partial charge in [0.1, 0.15) is 0 Å². The van der Waals surface area contributed by atoms with Crippen LogP contribution < -0.4 is 5.32 Å². The standard InChI is InChI=1S/C14H18N2S/c1-3-17-10-14(15-2)12-6-7-13-11(9-12)5-4-8-16-13/h4-9,14-15H,3,10H2,1-2H3. The molecular formula is C14H18N2S. The number of hydrogen-bond donors (Lipinski definition) is 1. The molecule has 0 aliphatic rings. The highest BCUT2D eigenvalue weighted by atomic mass is 32.2. The first kappa shape index (κ1) is 12.4. The minimum atomic E-state index is 0.421. The first-order chi connectivity index (χ1) is 8.35. The minimum Gasteiger partial charge on any atom is -0.312 e. The van der Waals surface area contributed by atoms with E-state index in [-0.39, 0.29) is 0 Å². The Bertz CT molecular complexity index is 484. The lowest BCUT2D eigenvalue weighted by atomic mass is 10.1. The van der Waals surface area contributed by atoms with Crippen molar-refractivity contribution >= 4 is 22.7 Å². The highest BCUT2D eigenvalue weighted by Crippen LogP contribution is 2.21. The summed E-state index contributed by atoms with van der Waals surface area (Å²) in [7, 11) is 2.02. The average Bonchev–Trinajstić information content (AvgIpc) is 2.39. The lowest BCUT2D eigenvalue weighted by Crippen LogP contribution is -2.18. The lowest BCUT2D eigenvalue weighted by molar-refractivity contribution is 0.663. The first-order valence-electron chi connectivity index (χ1n) is 5.95. The summed E-state index contributed by atoms with van der Waals surface area (Å²) >= 11 is 1.96. The fourth-order valence-electron chi connectivity index (χ4n) is 1.89. The molecule has 2 rings (SSSR count). The zero-order valence-electron chi connectivity index (χ0n) is 10.3. The molecule has 0 saturated carbocycles.